The van der Waals surface area contributed by atoms with E-state index in [4.69, 9.17) is 12.2 Å². The van der Waals surface area contributed by atoms with Crippen molar-refractivity contribution in [2.24, 2.45) is 7.05 Å². The van der Waals surface area contributed by atoms with Gasteiger partial charge in [0.05, 0.1) is 18.2 Å². The number of rotatable bonds is 1. The van der Waals surface area contributed by atoms with Crippen LogP contribution in [0.1, 0.15) is 0 Å². The zero-order valence-corrected chi connectivity index (χ0v) is 7.75. The predicted molar refractivity (Wildman–Crippen MR) is 49.4 cm³/mol. The highest BCUT2D eigenvalue weighted by Gasteiger charge is 2.01. The first-order valence-electron chi connectivity index (χ1n) is 3.67. The highest BCUT2D eigenvalue weighted by atomic mass is 32.1. The van der Waals surface area contributed by atoms with Crippen LogP contribution < -0.4 is 0 Å². The minimum Gasteiger partial charge on any atom is -0.344 e. The highest BCUT2D eigenvalue weighted by molar-refractivity contribution is 7.71. The van der Waals surface area contributed by atoms with E-state index in [1.165, 1.54) is 0 Å². The molecule has 5 nitrogen and oxygen atoms in total. The lowest BCUT2D eigenvalue weighted by Gasteiger charge is -1.92. The van der Waals surface area contributed by atoms with E-state index in [1.54, 1.807) is 23.3 Å². The van der Waals surface area contributed by atoms with Crippen molar-refractivity contribution in [3.63, 3.8) is 0 Å². The molecule has 0 aliphatic heterocycles. The van der Waals surface area contributed by atoms with E-state index in [1.807, 2.05) is 7.05 Å². The standard InChI is InChI=1S/C7H7N5S/c1-12-3-6(10-11-12)5-2-7(13)9-4-8-5/h2-4H,1H3,(H,8,9,13). The summed E-state index contributed by atoms with van der Waals surface area (Å²) < 4.78 is 2.17. The summed E-state index contributed by atoms with van der Waals surface area (Å²) in [4.78, 5) is 6.82. The predicted octanol–water partition coefficient (Wildman–Crippen LogP) is 0.935. The molecule has 0 atom stereocenters. The van der Waals surface area contributed by atoms with E-state index >= 15 is 0 Å². The molecule has 0 fully saturated rings. The average molecular weight is 193 g/mol. The van der Waals surface area contributed by atoms with Crippen LogP contribution in [0.2, 0.25) is 0 Å². The van der Waals surface area contributed by atoms with Gasteiger partial charge in [-0.1, -0.05) is 17.4 Å². The summed E-state index contributed by atoms with van der Waals surface area (Å²) in [6.45, 7) is 0. The molecule has 0 spiro atoms. The molecule has 13 heavy (non-hydrogen) atoms. The Morgan fingerprint density at radius 1 is 1.54 bits per heavy atom. The SMILES string of the molecule is Cn1cc(-c2cc(=S)nc[nH]2)nn1. The molecule has 2 heterocycles. The first-order chi connectivity index (χ1) is 6.25. The summed E-state index contributed by atoms with van der Waals surface area (Å²) in [5.41, 5.74) is 1.59. The molecule has 66 valence electrons. The van der Waals surface area contributed by atoms with Crippen molar-refractivity contribution in [2.45, 2.75) is 0 Å². The fourth-order valence-corrected chi connectivity index (χ4v) is 1.16. The molecule has 2 aromatic rings. The van der Waals surface area contributed by atoms with Crippen LogP contribution in [0.25, 0.3) is 11.4 Å². The van der Waals surface area contributed by atoms with Gasteiger partial charge in [0, 0.05) is 13.1 Å². The van der Waals surface area contributed by atoms with Crippen molar-refractivity contribution >= 4 is 12.2 Å². The van der Waals surface area contributed by atoms with Crippen LogP contribution in [0.4, 0.5) is 0 Å². The number of nitrogens with zero attached hydrogens (tertiary/aromatic N) is 4. The van der Waals surface area contributed by atoms with Crippen LogP contribution in [0.15, 0.2) is 18.6 Å². The molecule has 0 amide bonds. The number of nitrogens with one attached hydrogen (secondary N) is 1. The average Bonchev–Trinajstić information content (AvgIpc) is 2.52. The maximum atomic E-state index is 4.92. The molecule has 0 bridgehead atoms. The first kappa shape index (κ1) is 8.06. The molecule has 2 aromatic heterocycles. The second-order valence-electron chi connectivity index (χ2n) is 2.58. The Morgan fingerprint density at radius 3 is 3.00 bits per heavy atom. The fraction of sp³-hybridized carbons (Fsp3) is 0.143. The Bertz CT molecular complexity index is 471. The third-order valence-corrected chi connectivity index (χ3v) is 1.78. The fourth-order valence-electron chi connectivity index (χ4n) is 0.986. The van der Waals surface area contributed by atoms with E-state index in [-0.39, 0.29) is 0 Å². The lowest BCUT2D eigenvalue weighted by Crippen LogP contribution is -1.85. The maximum absolute atomic E-state index is 4.92. The van der Waals surface area contributed by atoms with Crippen molar-refractivity contribution in [3.8, 4) is 11.4 Å². The third kappa shape index (κ3) is 1.62. The largest absolute Gasteiger partial charge is 0.344 e. The molecule has 0 unspecified atom stereocenters. The number of aromatic nitrogens is 5. The summed E-state index contributed by atoms with van der Waals surface area (Å²) in [5.74, 6) is 0. The molecule has 2 rings (SSSR count). The molecule has 6 heteroatoms. The van der Waals surface area contributed by atoms with Crippen molar-refractivity contribution in [3.05, 3.63) is 23.2 Å². The molecule has 0 aromatic carbocycles. The van der Waals surface area contributed by atoms with E-state index < -0.39 is 0 Å². The molecule has 0 radical (unpaired) electrons. The Hall–Kier alpha value is -1.56. The zero-order valence-electron chi connectivity index (χ0n) is 6.93. The van der Waals surface area contributed by atoms with Gasteiger partial charge in [-0.2, -0.15) is 0 Å². The van der Waals surface area contributed by atoms with Crippen LogP contribution in [0.5, 0.6) is 0 Å². The second kappa shape index (κ2) is 3.06. The molecule has 0 saturated heterocycles. The first-order valence-corrected chi connectivity index (χ1v) is 4.08. The van der Waals surface area contributed by atoms with Gasteiger partial charge in [-0.3, -0.25) is 4.68 Å². The highest BCUT2D eigenvalue weighted by Crippen LogP contribution is 2.10. The minimum atomic E-state index is 0.541. The minimum absolute atomic E-state index is 0.541. The van der Waals surface area contributed by atoms with Gasteiger partial charge in [0.15, 0.2) is 0 Å². The normalized spacial score (nSPS) is 10.2. The van der Waals surface area contributed by atoms with E-state index in [9.17, 15) is 0 Å². The Balaban J connectivity index is 2.52. The zero-order chi connectivity index (χ0) is 9.26. The molecule has 1 N–H and O–H groups in total. The molecular weight excluding hydrogens is 186 g/mol. The number of H-pyrrole nitrogens is 1. The van der Waals surface area contributed by atoms with Crippen molar-refractivity contribution in [2.75, 3.05) is 0 Å². The number of aryl methyl sites for hydroxylation is 1. The van der Waals surface area contributed by atoms with Crippen LogP contribution in [-0.4, -0.2) is 25.0 Å². The van der Waals surface area contributed by atoms with Crippen molar-refractivity contribution in [1.29, 1.82) is 0 Å². The molecule has 0 saturated carbocycles. The number of hydrogen-bond donors (Lipinski definition) is 1. The number of aromatic amines is 1. The van der Waals surface area contributed by atoms with E-state index in [0.717, 1.165) is 11.4 Å². The Morgan fingerprint density at radius 2 is 2.38 bits per heavy atom. The molecule has 0 aliphatic rings. The van der Waals surface area contributed by atoms with Gasteiger partial charge in [0.25, 0.3) is 0 Å². The lowest BCUT2D eigenvalue weighted by atomic mass is 10.3. The smallest absolute Gasteiger partial charge is 0.130 e. The lowest BCUT2D eigenvalue weighted by molar-refractivity contribution is 0.715. The van der Waals surface area contributed by atoms with Crippen LogP contribution in [-0.2, 0) is 7.05 Å². The van der Waals surface area contributed by atoms with Gasteiger partial charge in [-0.25, -0.2) is 4.98 Å². The topological polar surface area (TPSA) is 59.4 Å². The van der Waals surface area contributed by atoms with Gasteiger partial charge >= 0.3 is 0 Å². The maximum Gasteiger partial charge on any atom is 0.130 e. The van der Waals surface area contributed by atoms with Gasteiger partial charge < -0.3 is 4.98 Å². The summed E-state index contributed by atoms with van der Waals surface area (Å²) in [6.07, 6.45) is 3.35. The molecular formula is C7H7N5S. The van der Waals surface area contributed by atoms with Crippen molar-refractivity contribution < 1.29 is 0 Å². The van der Waals surface area contributed by atoms with E-state index in [0.29, 0.717) is 4.64 Å². The van der Waals surface area contributed by atoms with Gasteiger partial charge in [0.2, 0.25) is 0 Å². The van der Waals surface area contributed by atoms with Crippen LogP contribution in [0, 0.1) is 4.64 Å². The summed E-state index contributed by atoms with van der Waals surface area (Å²) in [5, 5.41) is 7.75. The van der Waals surface area contributed by atoms with Gasteiger partial charge in [-0.05, 0) is 0 Å². The van der Waals surface area contributed by atoms with Crippen LogP contribution in [0.3, 0.4) is 0 Å². The number of hydrogen-bond acceptors (Lipinski definition) is 4. The van der Waals surface area contributed by atoms with Crippen molar-refractivity contribution in [1.82, 2.24) is 25.0 Å². The summed E-state index contributed by atoms with van der Waals surface area (Å²) in [7, 11) is 1.81. The monoisotopic (exact) mass is 193 g/mol. The second-order valence-corrected chi connectivity index (χ2v) is 2.99. The van der Waals surface area contributed by atoms with E-state index in [2.05, 4.69) is 20.3 Å². The third-order valence-electron chi connectivity index (χ3n) is 1.56. The molecule has 0 aliphatic carbocycles. The van der Waals surface area contributed by atoms with Gasteiger partial charge in [-0.15, -0.1) is 5.10 Å². The quantitative estimate of drug-likeness (QED) is 0.684. The van der Waals surface area contributed by atoms with Gasteiger partial charge in [0.1, 0.15) is 10.3 Å². The summed E-state index contributed by atoms with van der Waals surface area (Å²) in [6, 6.07) is 1.75. The summed E-state index contributed by atoms with van der Waals surface area (Å²) >= 11 is 4.92. The Kier molecular flexibility index (Phi) is 1.90. The van der Waals surface area contributed by atoms with Crippen LogP contribution >= 0.6 is 12.2 Å². The Labute approximate surface area is 79.4 Å².